The molecule has 4 heterocycles. The van der Waals surface area contributed by atoms with Gasteiger partial charge in [-0.1, -0.05) is 0 Å². The van der Waals surface area contributed by atoms with Gasteiger partial charge in [0, 0.05) is 37.3 Å². The van der Waals surface area contributed by atoms with Crippen LogP contribution in [0.4, 0.5) is 17.6 Å². The Morgan fingerprint density at radius 3 is 2.72 bits per heavy atom. The van der Waals surface area contributed by atoms with E-state index in [0.717, 1.165) is 17.0 Å². The highest BCUT2D eigenvalue weighted by atomic mass is 32.2. The monoisotopic (exact) mass is 416 g/mol. The summed E-state index contributed by atoms with van der Waals surface area (Å²) in [6, 6.07) is 5.90. The predicted molar refractivity (Wildman–Crippen MR) is 110 cm³/mol. The molecule has 3 aromatic rings. The number of anilines is 3. The molecule has 1 aliphatic carbocycles. The number of nitrogens with one attached hydrogen (secondary N) is 3. The number of aromatic amines is 1. The number of hydrogen-bond donors (Lipinski definition) is 3. The molecule has 2 fully saturated rings. The van der Waals surface area contributed by atoms with Gasteiger partial charge in [0.2, 0.25) is 16.0 Å². The van der Waals surface area contributed by atoms with Crippen molar-refractivity contribution in [1.29, 1.82) is 0 Å². The molecule has 0 radical (unpaired) electrons. The third-order valence-corrected chi connectivity index (χ3v) is 6.15. The summed E-state index contributed by atoms with van der Waals surface area (Å²) in [6.07, 6.45) is 6.93. The quantitative estimate of drug-likeness (QED) is 0.558. The highest BCUT2D eigenvalue weighted by Gasteiger charge is 2.27. The predicted octanol–water partition coefficient (Wildman–Crippen LogP) is 1.59. The van der Waals surface area contributed by atoms with E-state index in [0.29, 0.717) is 43.6 Å². The van der Waals surface area contributed by atoms with E-state index in [1.165, 1.54) is 19.1 Å². The van der Waals surface area contributed by atoms with Crippen molar-refractivity contribution in [2.24, 2.45) is 0 Å². The van der Waals surface area contributed by atoms with E-state index >= 15 is 0 Å². The average Bonchev–Trinajstić information content (AvgIpc) is 3.22. The number of aromatic nitrogens is 5. The second-order valence-corrected chi connectivity index (χ2v) is 9.64. The number of rotatable bonds is 6. The molecular weight excluding hydrogens is 392 g/mol. The van der Waals surface area contributed by atoms with Crippen molar-refractivity contribution >= 4 is 33.1 Å². The summed E-state index contributed by atoms with van der Waals surface area (Å²) < 4.78 is 27.4. The Morgan fingerprint density at radius 1 is 1.21 bits per heavy atom. The zero-order valence-electron chi connectivity index (χ0n) is 16.2. The molecule has 1 aliphatic heterocycles. The molecule has 29 heavy (non-hydrogen) atoms. The van der Waals surface area contributed by atoms with E-state index in [1.54, 1.807) is 0 Å². The molecule has 3 aromatic heterocycles. The Hall–Kier alpha value is -2.66. The van der Waals surface area contributed by atoms with Crippen LogP contribution in [-0.2, 0) is 10.0 Å². The fourth-order valence-electron chi connectivity index (χ4n) is 3.77. The molecule has 1 saturated heterocycles. The van der Waals surface area contributed by atoms with Gasteiger partial charge in [0.25, 0.3) is 0 Å². The van der Waals surface area contributed by atoms with Crippen LogP contribution in [-0.4, -0.2) is 58.6 Å². The minimum absolute atomic E-state index is 0.0417. The van der Waals surface area contributed by atoms with Gasteiger partial charge in [-0.25, -0.2) is 17.7 Å². The molecule has 11 heteroatoms. The van der Waals surface area contributed by atoms with Crippen LogP contribution in [0.3, 0.4) is 0 Å². The summed E-state index contributed by atoms with van der Waals surface area (Å²) in [5, 5.41) is 15.4. The normalized spacial score (nSPS) is 18.4. The summed E-state index contributed by atoms with van der Waals surface area (Å²) in [6.45, 7) is 1.38. The lowest BCUT2D eigenvalue weighted by molar-refractivity contribution is 0.457. The Morgan fingerprint density at radius 2 is 2.00 bits per heavy atom. The van der Waals surface area contributed by atoms with Crippen LogP contribution in [0.2, 0.25) is 0 Å². The first-order chi connectivity index (χ1) is 13.9. The third kappa shape index (κ3) is 4.06. The summed E-state index contributed by atoms with van der Waals surface area (Å²) in [4.78, 5) is 6.85. The summed E-state index contributed by atoms with van der Waals surface area (Å²) >= 11 is 0. The van der Waals surface area contributed by atoms with Gasteiger partial charge < -0.3 is 10.2 Å². The zero-order valence-corrected chi connectivity index (χ0v) is 17.0. The molecule has 0 amide bonds. The van der Waals surface area contributed by atoms with Crippen molar-refractivity contribution in [3.63, 3.8) is 0 Å². The van der Waals surface area contributed by atoms with Gasteiger partial charge in [0.15, 0.2) is 5.82 Å². The summed E-state index contributed by atoms with van der Waals surface area (Å²) in [7, 11) is -3.19. The Bertz CT molecular complexity index is 1130. The highest BCUT2D eigenvalue weighted by molar-refractivity contribution is 7.88. The molecule has 2 aliphatic rings. The lowest BCUT2D eigenvalue weighted by Crippen LogP contribution is -2.45. The van der Waals surface area contributed by atoms with Crippen LogP contribution in [0.5, 0.6) is 0 Å². The molecule has 5 rings (SSSR count). The molecule has 0 atom stereocenters. The van der Waals surface area contributed by atoms with Crippen molar-refractivity contribution in [2.45, 2.75) is 37.6 Å². The number of H-pyrrole nitrogens is 1. The molecule has 0 spiro atoms. The molecule has 10 nitrogen and oxygen atoms in total. The maximum Gasteiger partial charge on any atom is 0.245 e. The zero-order chi connectivity index (χ0) is 20.0. The summed E-state index contributed by atoms with van der Waals surface area (Å²) in [5.74, 6) is 2.73. The van der Waals surface area contributed by atoms with Gasteiger partial charge in [0.05, 0.1) is 11.9 Å². The largest absolute Gasteiger partial charge is 0.339 e. The first-order valence-corrected chi connectivity index (χ1v) is 11.7. The van der Waals surface area contributed by atoms with E-state index in [-0.39, 0.29) is 6.04 Å². The van der Waals surface area contributed by atoms with E-state index in [2.05, 4.69) is 30.2 Å². The SMILES string of the molecule is CS(=O)(=O)NC1CCN(c2nc(Nc3cc(C4CC4)n[nH]3)c3cccn3n2)CC1. The first kappa shape index (κ1) is 18.4. The lowest BCUT2D eigenvalue weighted by Gasteiger charge is -2.32. The van der Waals surface area contributed by atoms with Gasteiger partial charge in [-0.05, 0) is 37.8 Å². The topological polar surface area (TPSA) is 120 Å². The van der Waals surface area contributed by atoms with E-state index < -0.39 is 10.0 Å². The lowest BCUT2D eigenvalue weighted by atomic mass is 10.1. The van der Waals surface area contributed by atoms with Gasteiger partial charge >= 0.3 is 0 Å². The van der Waals surface area contributed by atoms with Crippen molar-refractivity contribution < 1.29 is 8.42 Å². The molecule has 0 unspecified atom stereocenters. The van der Waals surface area contributed by atoms with Crippen LogP contribution >= 0.6 is 0 Å². The molecule has 154 valence electrons. The van der Waals surface area contributed by atoms with E-state index in [4.69, 9.17) is 4.98 Å². The van der Waals surface area contributed by atoms with Gasteiger partial charge in [-0.15, -0.1) is 5.10 Å². The third-order valence-electron chi connectivity index (χ3n) is 5.38. The second kappa shape index (κ2) is 6.99. The second-order valence-electron chi connectivity index (χ2n) is 7.86. The molecule has 0 aromatic carbocycles. The molecular formula is C18H24N8O2S. The van der Waals surface area contributed by atoms with Crippen LogP contribution in [0, 0.1) is 0 Å². The van der Waals surface area contributed by atoms with Crippen LogP contribution in [0.15, 0.2) is 24.4 Å². The average molecular weight is 417 g/mol. The minimum atomic E-state index is -3.19. The maximum atomic E-state index is 11.5. The molecule has 1 saturated carbocycles. The van der Waals surface area contributed by atoms with Crippen molar-refractivity contribution in [3.05, 3.63) is 30.1 Å². The molecule has 3 N–H and O–H groups in total. The number of fused-ring (bicyclic) bond motifs is 1. The van der Waals surface area contributed by atoms with Crippen molar-refractivity contribution in [2.75, 3.05) is 29.6 Å². The number of sulfonamides is 1. The standard InChI is InChI=1S/C18H24N8O2S/c1-29(27,28)24-13-6-9-25(10-7-13)18-20-17(15-3-2-8-26(15)23-18)19-16-11-14(21-22-16)12-4-5-12/h2-3,8,11-13,24H,4-7,9-10H2,1H3,(H2,19,20,21,22,23). The number of nitrogens with zero attached hydrogens (tertiary/aromatic N) is 5. The molecule has 0 bridgehead atoms. The smallest absolute Gasteiger partial charge is 0.245 e. The highest BCUT2D eigenvalue weighted by Crippen LogP contribution is 2.39. The van der Waals surface area contributed by atoms with Crippen LogP contribution in [0.25, 0.3) is 5.52 Å². The fraction of sp³-hybridized carbons (Fsp3) is 0.500. The number of hydrogen-bond acceptors (Lipinski definition) is 7. The maximum absolute atomic E-state index is 11.5. The van der Waals surface area contributed by atoms with Gasteiger partial charge in [0.1, 0.15) is 11.3 Å². The van der Waals surface area contributed by atoms with Gasteiger partial charge in [-0.2, -0.15) is 10.1 Å². The Balaban J connectivity index is 1.36. The van der Waals surface area contributed by atoms with Crippen LogP contribution in [0.1, 0.15) is 37.3 Å². The Kier molecular flexibility index (Phi) is 4.43. The summed E-state index contributed by atoms with van der Waals surface area (Å²) in [5.41, 5.74) is 1.97. The van der Waals surface area contributed by atoms with Gasteiger partial charge in [-0.3, -0.25) is 5.10 Å². The van der Waals surface area contributed by atoms with E-state index in [9.17, 15) is 8.42 Å². The Labute approximate surface area is 168 Å². The fourth-order valence-corrected chi connectivity index (χ4v) is 4.61. The van der Waals surface area contributed by atoms with Crippen molar-refractivity contribution in [1.82, 2.24) is 29.5 Å². The van der Waals surface area contributed by atoms with Crippen LogP contribution < -0.4 is 14.9 Å². The van der Waals surface area contributed by atoms with E-state index in [1.807, 2.05) is 28.9 Å². The number of piperidine rings is 1. The van der Waals surface area contributed by atoms with Crippen molar-refractivity contribution in [3.8, 4) is 0 Å². The first-order valence-electron chi connectivity index (χ1n) is 9.84. The minimum Gasteiger partial charge on any atom is -0.339 e.